The molecule has 0 fully saturated rings. The summed E-state index contributed by atoms with van der Waals surface area (Å²) in [5.74, 6) is -0.303. The molecule has 0 saturated carbocycles. The van der Waals surface area contributed by atoms with E-state index in [1.54, 1.807) is 12.1 Å². The predicted molar refractivity (Wildman–Crippen MR) is 90.1 cm³/mol. The van der Waals surface area contributed by atoms with Gasteiger partial charge in [-0.1, -0.05) is 36.4 Å². The molecule has 1 atom stereocenters. The monoisotopic (exact) mass is 328 g/mol. The summed E-state index contributed by atoms with van der Waals surface area (Å²) in [5.41, 5.74) is 2.31. The van der Waals surface area contributed by atoms with E-state index in [1.807, 2.05) is 18.2 Å². The largest absolute Gasteiger partial charge is 0.388 e. The lowest BCUT2D eigenvalue weighted by Gasteiger charge is -2.33. The van der Waals surface area contributed by atoms with Crippen LogP contribution in [0, 0.1) is 5.82 Å². The second-order valence-electron chi connectivity index (χ2n) is 6.33. The predicted octanol–water partition coefficient (Wildman–Crippen LogP) is 2.54. The van der Waals surface area contributed by atoms with Crippen molar-refractivity contribution in [3.8, 4) is 0 Å². The number of nitrogens with one attached hydrogen (secondary N) is 2. The lowest BCUT2D eigenvalue weighted by Crippen LogP contribution is -2.49. The Kier molecular flexibility index (Phi) is 4.81. The first kappa shape index (κ1) is 16.5. The summed E-state index contributed by atoms with van der Waals surface area (Å²) in [7, 11) is 0. The normalized spacial score (nSPS) is 19.4. The SMILES string of the molecule is O=C(NCc1ccc(F)cc1)NCC1(O)CCc2ccccc2C1. The van der Waals surface area contributed by atoms with Crippen molar-refractivity contribution in [2.24, 2.45) is 0 Å². The number of carbonyl (C=O) groups excluding carboxylic acids is 1. The molecule has 2 aromatic carbocycles. The highest BCUT2D eigenvalue weighted by Crippen LogP contribution is 2.28. The number of hydrogen-bond acceptors (Lipinski definition) is 2. The number of rotatable bonds is 4. The molecule has 4 nitrogen and oxygen atoms in total. The fourth-order valence-electron chi connectivity index (χ4n) is 3.03. The van der Waals surface area contributed by atoms with Crippen molar-refractivity contribution in [1.29, 1.82) is 0 Å². The summed E-state index contributed by atoms with van der Waals surface area (Å²) < 4.78 is 12.8. The van der Waals surface area contributed by atoms with Crippen molar-refractivity contribution < 1.29 is 14.3 Å². The van der Waals surface area contributed by atoms with Gasteiger partial charge in [-0.15, -0.1) is 0 Å². The van der Waals surface area contributed by atoms with Crippen LogP contribution in [0.3, 0.4) is 0 Å². The van der Waals surface area contributed by atoms with Gasteiger partial charge in [0.25, 0.3) is 0 Å². The first-order valence-corrected chi connectivity index (χ1v) is 8.09. The third-order valence-electron chi connectivity index (χ3n) is 4.44. The molecular weight excluding hydrogens is 307 g/mol. The quantitative estimate of drug-likeness (QED) is 0.808. The molecule has 1 aliphatic carbocycles. The molecule has 0 bridgehead atoms. The third kappa shape index (κ3) is 4.11. The Morgan fingerprint density at radius 2 is 1.79 bits per heavy atom. The van der Waals surface area contributed by atoms with Crippen molar-refractivity contribution >= 4 is 6.03 Å². The Morgan fingerprint density at radius 3 is 2.54 bits per heavy atom. The summed E-state index contributed by atoms with van der Waals surface area (Å²) in [4.78, 5) is 11.9. The minimum atomic E-state index is -0.915. The molecule has 0 heterocycles. The van der Waals surface area contributed by atoms with Crippen LogP contribution in [0.5, 0.6) is 0 Å². The zero-order valence-electron chi connectivity index (χ0n) is 13.4. The number of halogens is 1. The minimum Gasteiger partial charge on any atom is -0.388 e. The van der Waals surface area contributed by atoms with E-state index in [2.05, 4.69) is 16.7 Å². The number of urea groups is 1. The standard InChI is InChI=1S/C19H21FN2O2/c20-17-7-5-14(6-8-17)12-21-18(23)22-13-19(24)10-9-15-3-1-2-4-16(15)11-19/h1-8,24H,9-13H2,(H2,21,22,23). The topological polar surface area (TPSA) is 61.4 Å². The highest BCUT2D eigenvalue weighted by atomic mass is 19.1. The second-order valence-corrected chi connectivity index (χ2v) is 6.33. The van der Waals surface area contributed by atoms with Gasteiger partial charge in [-0.25, -0.2) is 9.18 Å². The summed E-state index contributed by atoms with van der Waals surface area (Å²) in [6.45, 7) is 0.518. The van der Waals surface area contributed by atoms with Gasteiger partial charge in [0.05, 0.1) is 5.60 Å². The Hall–Kier alpha value is -2.40. The second kappa shape index (κ2) is 7.01. The molecule has 2 amide bonds. The number of benzene rings is 2. The Labute approximate surface area is 140 Å². The molecule has 0 spiro atoms. The van der Waals surface area contributed by atoms with Crippen LogP contribution in [0.25, 0.3) is 0 Å². The van der Waals surface area contributed by atoms with Crippen LogP contribution < -0.4 is 10.6 Å². The van der Waals surface area contributed by atoms with Crippen molar-refractivity contribution in [3.05, 3.63) is 71.0 Å². The van der Waals surface area contributed by atoms with Crippen LogP contribution in [0.4, 0.5) is 9.18 Å². The van der Waals surface area contributed by atoms with Gasteiger partial charge in [0, 0.05) is 19.5 Å². The molecule has 3 N–H and O–H groups in total. The highest BCUT2D eigenvalue weighted by molar-refractivity contribution is 5.73. The van der Waals surface area contributed by atoms with E-state index in [1.165, 1.54) is 17.7 Å². The van der Waals surface area contributed by atoms with E-state index < -0.39 is 5.60 Å². The fourth-order valence-corrected chi connectivity index (χ4v) is 3.03. The molecule has 5 heteroatoms. The van der Waals surface area contributed by atoms with Crippen LogP contribution in [-0.4, -0.2) is 23.3 Å². The van der Waals surface area contributed by atoms with E-state index >= 15 is 0 Å². The van der Waals surface area contributed by atoms with E-state index in [0.29, 0.717) is 19.4 Å². The average Bonchev–Trinajstić information content (AvgIpc) is 2.59. The maximum absolute atomic E-state index is 12.8. The Morgan fingerprint density at radius 1 is 1.08 bits per heavy atom. The van der Waals surface area contributed by atoms with Gasteiger partial charge in [-0.3, -0.25) is 0 Å². The lowest BCUT2D eigenvalue weighted by molar-refractivity contribution is 0.0291. The number of aryl methyl sites for hydroxylation is 1. The number of amides is 2. The molecule has 3 rings (SSSR count). The van der Waals surface area contributed by atoms with Crippen LogP contribution in [-0.2, 0) is 19.4 Å². The van der Waals surface area contributed by atoms with Gasteiger partial charge < -0.3 is 15.7 Å². The highest BCUT2D eigenvalue weighted by Gasteiger charge is 2.32. The van der Waals surface area contributed by atoms with Crippen LogP contribution in [0.15, 0.2) is 48.5 Å². The van der Waals surface area contributed by atoms with E-state index in [-0.39, 0.29) is 18.4 Å². The zero-order valence-corrected chi connectivity index (χ0v) is 13.4. The van der Waals surface area contributed by atoms with Gasteiger partial charge in [0.1, 0.15) is 5.82 Å². The van der Waals surface area contributed by atoms with Crippen molar-refractivity contribution in [2.45, 2.75) is 31.4 Å². The maximum Gasteiger partial charge on any atom is 0.315 e. The Balaban J connectivity index is 1.48. The average molecular weight is 328 g/mol. The summed E-state index contributed by atoms with van der Waals surface area (Å²) in [6, 6.07) is 13.7. The van der Waals surface area contributed by atoms with Gasteiger partial charge in [-0.2, -0.15) is 0 Å². The maximum atomic E-state index is 12.8. The first-order valence-electron chi connectivity index (χ1n) is 8.09. The molecule has 0 aromatic heterocycles. The summed E-state index contributed by atoms with van der Waals surface area (Å²) in [6.07, 6.45) is 1.98. The molecule has 0 aliphatic heterocycles. The van der Waals surface area contributed by atoms with Crippen molar-refractivity contribution in [2.75, 3.05) is 6.54 Å². The van der Waals surface area contributed by atoms with Crippen molar-refractivity contribution in [3.63, 3.8) is 0 Å². The van der Waals surface area contributed by atoms with Gasteiger partial charge >= 0.3 is 6.03 Å². The van der Waals surface area contributed by atoms with E-state index in [4.69, 9.17) is 0 Å². The van der Waals surface area contributed by atoms with Gasteiger partial charge in [-0.05, 0) is 41.7 Å². The smallest absolute Gasteiger partial charge is 0.315 e. The summed E-state index contributed by atoms with van der Waals surface area (Å²) >= 11 is 0. The minimum absolute atomic E-state index is 0.205. The molecule has 1 unspecified atom stereocenters. The lowest BCUT2D eigenvalue weighted by atomic mass is 9.80. The Bertz CT molecular complexity index is 718. The van der Waals surface area contributed by atoms with Crippen LogP contribution >= 0.6 is 0 Å². The number of hydrogen-bond donors (Lipinski definition) is 3. The molecule has 0 radical (unpaired) electrons. The van der Waals surface area contributed by atoms with E-state index in [0.717, 1.165) is 17.5 Å². The summed E-state index contributed by atoms with van der Waals surface area (Å²) in [5, 5.41) is 16.1. The van der Waals surface area contributed by atoms with Crippen molar-refractivity contribution in [1.82, 2.24) is 10.6 Å². The van der Waals surface area contributed by atoms with Gasteiger partial charge in [0.2, 0.25) is 0 Å². The molecule has 24 heavy (non-hydrogen) atoms. The number of aliphatic hydroxyl groups is 1. The molecule has 0 saturated heterocycles. The first-order chi connectivity index (χ1) is 11.5. The molecule has 2 aromatic rings. The zero-order chi connectivity index (χ0) is 17.0. The fraction of sp³-hybridized carbons (Fsp3) is 0.316. The van der Waals surface area contributed by atoms with Crippen LogP contribution in [0.2, 0.25) is 0 Å². The van der Waals surface area contributed by atoms with Crippen LogP contribution in [0.1, 0.15) is 23.1 Å². The number of fused-ring (bicyclic) bond motifs is 1. The number of carbonyl (C=O) groups is 1. The molecule has 1 aliphatic rings. The van der Waals surface area contributed by atoms with E-state index in [9.17, 15) is 14.3 Å². The van der Waals surface area contributed by atoms with Gasteiger partial charge in [0.15, 0.2) is 0 Å². The molecule has 126 valence electrons. The third-order valence-corrected chi connectivity index (χ3v) is 4.44. The molecular formula is C19H21FN2O2.